The van der Waals surface area contributed by atoms with Crippen LogP contribution in [-0.2, 0) is 10.0 Å². The molecule has 3 nitrogen and oxygen atoms in total. The third-order valence-corrected chi connectivity index (χ3v) is 4.90. The van der Waals surface area contributed by atoms with Gasteiger partial charge in [-0.3, -0.25) is 0 Å². The number of nitrogens with two attached hydrogens (primary N) is 1. The Balaban J connectivity index is 3.59. The fourth-order valence-electron chi connectivity index (χ4n) is 1.65. The van der Waals surface area contributed by atoms with Crippen LogP contribution in [-0.4, -0.2) is 13.2 Å². The van der Waals surface area contributed by atoms with Gasteiger partial charge in [-0.05, 0) is 20.3 Å². The minimum Gasteiger partial charge on any atom is -0.228 e. The normalized spacial score (nSPS) is 13.0. The van der Waals surface area contributed by atoms with Crippen LogP contribution in [0, 0.1) is 0 Å². The van der Waals surface area contributed by atoms with Gasteiger partial charge in [-0.2, -0.15) is 0 Å². The van der Waals surface area contributed by atoms with Crippen LogP contribution in [0.3, 0.4) is 0 Å². The predicted octanol–water partition coefficient (Wildman–Crippen LogP) is 3.19. The molecule has 0 aliphatic carbocycles. The molecule has 0 saturated carbocycles. The molecule has 0 aromatic rings. The van der Waals surface area contributed by atoms with Gasteiger partial charge in [0, 0.05) is 0 Å². The van der Waals surface area contributed by atoms with Gasteiger partial charge in [0.05, 0.1) is 4.75 Å². The highest BCUT2D eigenvalue weighted by Crippen LogP contribution is 2.21. The van der Waals surface area contributed by atoms with E-state index in [4.69, 9.17) is 5.14 Å². The summed E-state index contributed by atoms with van der Waals surface area (Å²) >= 11 is 0. The predicted molar refractivity (Wildman–Crippen MR) is 69.8 cm³/mol. The summed E-state index contributed by atoms with van der Waals surface area (Å²) < 4.78 is 21.7. The van der Waals surface area contributed by atoms with Gasteiger partial charge in [-0.15, -0.1) is 0 Å². The van der Waals surface area contributed by atoms with Crippen molar-refractivity contribution in [2.24, 2.45) is 5.14 Å². The van der Waals surface area contributed by atoms with Gasteiger partial charge in [-0.1, -0.05) is 51.9 Å². The summed E-state index contributed by atoms with van der Waals surface area (Å²) in [6.07, 6.45) is 9.08. The topological polar surface area (TPSA) is 60.2 Å². The van der Waals surface area contributed by atoms with E-state index in [-0.39, 0.29) is 0 Å². The molecule has 0 saturated heterocycles. The molecule has 0 aliphatic heterocycles. The van der Waals surface area contributed by atoms with Crippen LogP contribution in [0.25, 0.3) is 0 Å². The standard InChI is InChI=1S/C12H27NO2S/c1-4-5-6-7-8-9-10-11-12(2,3)16(13,14)15/h4-11H2,1-3H3,(H2,13,14,15). The quantitative estimate of drug-likeness (QED) is 0.638. The van der Waals surface area contributed by atoms with Crippen LogP contribution in [0.2, 0.25) is 0 Å². The van der Waals surface area contributed by atoms with Gasteiger partial charge in [0.1, 0.15) is 0 Å². The third kappa shape index (κ3) is 6.48. The number of hydrogen-bond acceptors (Lipinski definition) is 2. The summed E-state index contributed by atoms with van der Waals surface area (Å²) in [5.41, 5.74) is 0. The minimum atomic E-state index is -3.40. The molecule has 0 atom stereocenters. The van der Waals surface area contributed by atoms with Gasteiger partial charge in [0.15, 0.2) is 0 Å². The second kappa shape index (κ2) is 7.28. The van der Waals surface area contributed by atoms with Gasteiger partial charge in [-0.25, -0.2) is 13.6 Å². The second-order valence-electron chi connectivity index (χ2n) is 5.18. The van der Waals surface area contributed by atoms with E-state index < -0.39 is 14.8 Å². The first-order chi connectivity index (χ1) is 7.31. The highest BCUT2D eigenvalue weighted by molar-refractivity contribution is 7.90. The van der Waals surface area contributed by atoms with E-state index in [1.165, 1.54) is 32.1 Å². The first-order valence-electron chi connectivity index (χ1n) is 6.33. The summed E-state index contributed by atoms with van der Waals surface area (Å²) in [6.45, 7) is 5.62. The highest BCUT2D eigenvalue weighted by Gasteiger charge is 2.29. The van der Waals surface area contributed by atoms with Gasteiger partial charge < -0.3 is 0 Å². The number of hydrogen-bond donors (Lipinski definition) is 1. The van der Waals surface area contributed by atoms with Crippen LogP contribution < -0.4 is 5.14 Å². The second-order valence-corrected chi connectivity index (χ2v) is 7.37. The molecule has 0 rings (SSSR count). The first kappa shape index (κ1) is 15.9. The summed E-state index contributed by atoms with van der Waals surface area (Å²) in [5.74, 6) is 0. The number of unbranched alkanes of at least 4 members (excludes halogenated alkanes) is 6. The van der Waals surface area contributed by atoms with Crippen molar-refractivity contribution < 1.29 is 8.42 Å². The maximum absolute atomic E-state index is 11.2. The Labute approximate surface area is 101 Å². The fraction of sp³-hybridized carbons (Fsp3) is 1.00. The van der Waals surface area contributed by atoms with Crippen molar-refractivity contribution in [3.63, 3.8) is 0 Å². The van der Waals surface area contributed by atoms with Crippen molar-refractivity contribution in [1.29, 1.82) is 0 Å². The van der Waals surface area contributed by atoms with Crippen molar-refractivity contribution in [2.45, 2.75) is 76.9 Å². The maximum Gasteiger partial charge on any atom is 0.214 e. The third-order valence-electron chi connectivity index (χ3n) is 3.15. The molecular formula is C12H27NO2S. The molecule has 0 fully saturated rings. The van der Waals surface area contributed by atoms with Crippen LogP contribution in [0.5, 0.6) is 0 Å². The zero-order chi connectivity index (χ0) is 12.7. The summed E-state index contributed by atoms with van der Waals surface area (Å²) in [4.78, 5) is 0. The molecule has 0 bridgehead atoms. The molecule has 0 unspecified atom stereocenters. The molecule has 0 aromatic carbocycles. The lowest BCUT2D eigenvalue weighted by atomic mass is 10.0. The summed E-state index contributed by atoms with van der Waals surface area (Å²) in [7, 11) is -3.40. The molecule has 0 spiro atoms. The van der Waals surface area contributed by atoms with Crippen molar-refractivity contribution >= 4 is 10.0 Å². The number of rotatable bonds is 9. The summed E-state index contributed by atoms with van der Waals surface area (Å²) in [5, 5.41) is 5.17. The van der Waals surface area contributed by atoms with E-state index in [0.29, 0.717) is 6.42 Å². The van der Waals surface area contributed by atoms with Crippen molar-refractivity contribution in [3.05, 3.63) is 0 Å². The van der Waals surface area contributed by atoms with Crippen LogP contribution in [0.15, 0.2) is 0 Å². The van der Waals surface area contributed by atoms with Crippen molar-refractivity contribution in [2.75, 3.05) is 0 Å². The fourth-order valence-corrected chi connectivity index (χ4v) is 2.08. The zero-order valence-electron chi connectivity index (χ0n) is 11.0. The summed E-state index contributed by atoms with van der Waals surface area (Å²) in [6, 6.07) is 0. The zero-order valence-corrected chi connectivity index (χ0v) is 11.8. The van der Waals surface area contributed by atoms with Crippen LogP contribution in [0.1, 0.15) is 72.1 Å². The molecule has 4 heteroatoms. The van der Waals surface area contributed by atoms with E-state index in [1.807, 2.05) is 0 Å². The van der Waals surface area contributed by atoms with Crippen molar-refractivity contribution in [1.82, 2.24) is 0 Å². The smallest absolute Gasteiger partial charge is 0.214 e. The SMILES string of the molecule is CCCCCCCCCC(C)(C)S(N)(=O)=O. The number of sulfonamides is 1. The Kier molecular flexibility index (Phi) is 7.24. The van der Waals surface area contributed by atoms with E-state index in [9.17, 15) is 8.42 Å². The molecule has 0 aromatic heterocycles. The van der Waals surface area contributed by atoms with Crippen molar-refractivity contribution in [3.8, 4) is 0 Å². The molecule has 16 heavy (non-hydrogen) atoms. The lowest BCUT2D eigenvalue weighted by Crippen LogP contribution is -2.37. The minimum absolute atomic E-state index is 0.666. The Hall–Kier alpha value is -0.0900. The average Bonchev–Trinajstić information content (AvgIpc) is 2.14. The van der Waals surface area contributed by atoms with Gasteiger partial charge in [0.25, 0.3) is 0 Å². The van der Waals surface area contributed by atoms with Gasteiger partial charge >= 0.3 is 0 Å². The molecular weight excluding hydrogens is 222 g/mol. The highest BCUT2D eigenvalue weighted by atomic mass is 32.2. The van der Waals surface area contributed by atoms with Gasteiger partial charge in [0.2, 0.25) is 10.0 Å². The van der Waals surface area contributed by atoms with Crippen LogP contribution >= 0.6 is 0 Å². The molecule has 0 radical (unpaired) electrons. The number of primary sulfonamides is 1. The van der Waals surface area contributed by atoms with E-state index >= 15 is 0 Å². The molecule has 98 valence electrons. The first-order valence-corrected chi connectivity index (χ1v) is 7.88. The lowest BCUT2D eigenvalue weighted by Gasteiger charge is -2.21. The molecule has 0 heterocycles. The Bertz CT molecular complexity index is 271. The van der Waals surface area contributed by atoms with E-state index in [0.717, 1.165) is 12.8 Å². The Morgan fingerprint density at radius 3 is 1.81 bits per heavy atom. The maximum atomic E-state index is 11.2. The monoisotopic (exact) mass is 249 g/mol. The molecule has 0 amide bonds. The largest absolute Gasteiger partial charge is 0.228 e. The molecule has 2 N–H and O–H groups in total. The Morgan fingerprint density at radius 1 is 0.938 bits per heavy atom. The average molecular weight is 249 g/mol. The van der Waals surface area contributed by atoms with Crippen LogP contribution in [0.4, 0.5) is 0 Å². The van der Waals surface area contributed by atoms with E-state index in [1.54, 1.807) is 13.8 Å². The molecule has 0 aliphatic rings. The van der Waals surface area contributed by atoms with E-state index in [2.05, 4.69) is 6.92 Å². The Morgan fingerprint density at radius 2 is 1.38 bits per heavy atom. The lowest BCUT2D eigenvalue weighted by molar-refractivity contribution is 0.496.